The maximum absolute atomic E-state index is 11.1. The van der Waals surface area contributed by atoms with Crippen molar-refractivity contribution in [3.8, 4) is 0 Å². The summed E-state index contributed by atoms with van der Waals surface area (Å²) >= 11 is 0. The van der Waals surface area contributed by atoms with Crippen molar-refractivity contribution >= 4 is 5.97 Å². The van der Waals surface area contributed by atoms with Crippen LogP contribution in [0.3, 0.4) is 0 Å². The first-order chi connectivity index (χ1) is 5.65. The van der Waals surface area contributed by atoms with Gasteiger partial charge in [-0.2, -0.15) is 0 Å². The Morgan fingerprint density at radius 2 is 2.33 bits per heavy atom. The van der Waals surface area contributed by atoms with Gasteiger partial charge in [0.2, 0.25) is 0 Å². The first kappa shape index (κ1) is 9.48. The van der Waals surface area contributed by atoms with E-state index in [1.165, 1.54) is 0 Å². The van der Waals surface area contributed by atoms with Gasteiger partial charge >= 0.3 is 5.97 Å². The van der Waals surface area contributed by atoms with Gasteiger partial charge in [-0.1, -0.05) is 6.92 Å². The SMILES string of the molecule is CC(COC(=O)C1CC1C)OO. The molecule has 0 aromatic rings. The molecule has 1 rings (SSSR count). The van der Waals surface area contributed by atoms with Crippen LogP contribution in [0.25, 0.3) is 0 Å². The minimum Gasteiger partial charge on any atom is -0.463 e. The Hall–Kier alpha value is -0.610. The lowest BCUT2D eigenvalue weighted by Crippen LogP contribution is -2.18. The summed E-state index contributed by atoms with van der Waals surface area (Å²) in [5.74, 6) is 0.366. The molecule has 1 N–H and O–H groups in total. The van der Waals surface area contributed by atoms with Gasteiger partial charge in [0, 0.05) is 0 Å². The molecule has 0 spiro atoms. The van der Waals surface area contributed by atoms with Crippen molar-refractivity contribution < 1.29 is 19.7 Å². The Balaban J connectivity index is 2.11. The lowest BCUT2D eigenvalue weighted by molar-refractivity contribution is -0.280. The second kappa shape index (κ2) is 3.87. The van der Waals surface area contributed by atoms with Crippen LogP contribution in [0.1, 0.15) is 20.3 Å². The average Bonchev–Trinajstić information content (AvgIpc) is 2.77. The van der Waals surface area contributed by atoms with Crippen LogP contribution in [0.2, 0.25) is 0 Å². The highest BCUT2D eigenvalue weighted by molar-refractivity contribution is 5.75. The second-order valence-corrected chi connectivity index (χ2v) is 3.37. The molecule has 4 nitrogen and oxygen atoms in total. The Morgan fingerprint density at radius 1 is 1.75 bits per heavy atom. The molecule has 0 bridgehead atoms. The molecule has 4 heteroatoms. The van der Waals surface area contributed by atoms with Gasteiger partial charge in [-0.3, -0.25) is 10.1 Å². The lowest BCUT2D eigenvalue weighted by atomic mass is 10.3. The van der Waals surface area contributed by atoms with Crippen LogP contribution < -0.4 is 0 Å². The Kier molecular flexibility index (Phi) is 3.05. The van der Waals surface area contributed by atoms with Crippen LogP contribution in [0.15, 0.2) is 0 Å². The highest BCUT2D eigenvalue weighted by Gasteiger charge is 2.40. The third kappa shape index (κ3) is 2.46. The van der Waals surface area contributed by atoms with E-state index in [2.05, 4.69) is 4.89 Å². The zero-order valence-electron chi connectivity index (χ0n) is 7.32. The van der Waals surface area contributed by atoms with E-state index in [9.17, 15) is 4.79 Å². The molecular formula is C8H14O4. The maximum atomic E-state index is 11.1. The van der Waals surface area contributed by atoms with E-state index in [-0.39, 0.29) is 18.5 Å². The zero-order valence-corrected chi connectivity index (χ0v) is 7.32. The summed E-state index contributed by atoms with van der Waals surface area (Å²) in [5.41, 5.74) is 0. The fourth-order valence-corrected chi connectivity index (χ4v) is 0.987. The Bertz CT molecular complexity index is 168. The number of carbonyl (C=O) groups excluding carboxylic acids is 1. The summed E-state index contributed by atoms with van der Waals surface area (Å²) in [7, 11) is 0. The first-order valence-corrected chi connectivity index (χ1v) is 4.12. The maximum Gasteiger partial charge on any atom is 0.309 e. The van der Waals surface area contributed by atoms with Crippen LogP contribution in [0.4, 0.5) is 0 Å². The summed E-state index contributed by atoms with van der Waals surface area (Å²) < 4.78 is 4.87. The molecule has 12 heavy (non-hydrogen) atoms. The molecule has 0 aromatic heterocycles. The van der Waals surface area contributed by atoms with E-state index in [0.29, 0.717) is 5.92 Å². The number of hydrogen-bond donors (Lipinski definition) is 1. The molecule has 0 radical (unpaired) electrons. The summed E-state index contributed by atoms with van der Waals surface area (Å²) in [6.07, 6.45) is 0.482. The van der Waals surface area contributed by atoms with Gasteiger partial charge in [0.25, 0.3) is 0 Å². The number of hydrogen-bond acceptors (Lipinski definition) is 4. The van der Waals surface area contributed by atoms with Crippen LogP contribution in [0.5, 0.6) is 0 Å². The molecule has 70 valence electrons. The van der Waals surface area contributed by atoms with Crippen molar-refractivity contribution in [1.82, 2.24) is 0 Å². The first-order valence-electron chi connectivity index (χ1n) is 4.12. The largest absolute Gasteiger partial charge is 0.463 e. The van der Waals surface area contributed by atoms with E-state index >= 15 is 0 Å². The van der Waals surface area contributed by atoms with Gasteiger partial charge in [0.05, 0.1) is 5.92 Å². The minimum atomic E-state index is -0.442. The summed E-state index contributed by atoms with van der Waals surface area (Å²) in [6, 6.07) is 0. The average molecular weight is 174 g/mol. The highest BCUT2D eigenvalue weighted by Crippen LogP contribution is 2.38. The molecule has 0 saturated heterocycles. The fourth-order valence-electron chi connectivity index (χ4n) is 0.987. The summed E-state index contributed by atoms with van der Waals surface area (Å²) in [5, 5.41) is 8.16. The van der Waals surface area contributed by atoms with Crippen LogP contribution >= 0.6 is 0 Å². The van der Waals surface area contributed by atoms with Crippen molar-refractivity contribution in [1.29, 1.82) is 0 Å². The second-order valence-electron chi connectivity index (χ2n) is 3.37. The molecule has 1 aliphatic carbocycles. The van der Waals surface area contributed by atoms with Crippen LogP contribution in [0, 0.1) is 11.8 Å². The number of ether oxygens (including phenoxy) is 1. The Labute approximate surface area is 71.4 Å². The molecule has 0 heterocycles. The van der Waals surface area contributed by atoms with Crippen molar-refractivity contribution in [2.24, 2.45) is 11.8 Å². The zero-order chi connectivity index (χ0) is 9.14. The van der Waals surface area contributed by atoms with Gasteiger partial charge in [-0.25, -0.2) is 4.89 Å². The molecule has 0 aliphatic heterocycles. The van der Waals surface area contributed by atoms with Gasteiger partial charge in [-0.15, -0.1) is 0 Å². The van der Waals surface area contributed by atoms with Gasteiger partial charge < -0.3 is 4.74 Å². The van der Waals surface area contributed by atoms with Gasteiger partial charge in [0.1, 0.15) is 12.7 Å². The predicted octanol–water partition coefficient (Wildman–Crippen LogP) is 1.06. The summed E-state index contributed by atoms with van der Waals surface area (Å²) in [6.45, 7) is 3.76. The van der Waals surface area contributed by atoms with Crippen molar-refractivity contribution in [3.05, 3.63) is 0 Å². The molecule has 3 unspecified atom stereocenters. The van der Waals surface area contributed by atoms with Gasteiger partial charge in [-0.05, 0) is 19.3 Å². The third-order valence-corrected chi connectivity index (χ3v) is 2.05. The van der Waals surface area contributed by atoms with E-state index in [1.807, 2.05) is 6.92 Å². The predicted molar refractivity (Wildman–Crippen MR) is 41.4 cm³/mol. The topological polar surface area (TPSA) is 55.8 Å². The molecule has 1 saturated carbocycles. The molecular weight excluding hydrogens is 160 g/mol. The third-order valence-electron chi connectivity index (χ3n) is 2.05. The van der Waals surface area contributed by atoms with Crippen LogP contribution in [-0.2, 0) is 14.4 Å². The van der Waals surface area contributed by atoms with Crippen molar-refractivity contribution in [2.75, 3.05) is 6.61 Å². The normalized spacial score (nSPS) is 29.6. The molecule has 0 amide bonds. The monoisotopic (exact) mass is 174 g/mol. The van der Waals surface area contributed by atoms with E-state index in [0.717, 1.165) is 6.42 Å². The van der Waals surface area contributed by atoms with E-state index < -0.39 is 6.10 Å². The number of esters is 1. The standard InChI is InChI=1S/C8H14O4/c1-5-3-7(5)8(9)11-4-6(2)12-10/h5-7,10H,3-4H2,1-2H3. The molecule has 1 fully saturated rings. The van der Waals surface area contributed by atoms with Crippen LogP contribution in [-0.4, -0.2) is 23.9 Å². The van der Waals surface area contributed by atoms with Gasteiger partial charge in [0.15, 0.2) is 0 Å². The smallest absolute Gasteiger partial charge is 0.309 e. The molecule has 3 atom stereocenters. The molecule has 0 aromatic carbocycles. The quantitative estimate of drug-likeness (QED) is 0.393. The Morgan fingerprint density at radius 3 is 2.75 bits per heavy atom. The van der Waals surface area contributed by atoms with E-state index in [4.69, 9.17) is 9.99 Å². The minimum absolute atomic E-state index is 0.0795. The number of rotatable bonds is 4. The highest BCUT2D eigenvalue weighted by atomic mass is 17.1. The fraction of sp³-hybridized carbons (Fsp3) is 0.875. The summed E-state index contributed by atoms with van der Waals surface area (Å²) in [4.78, 5) is 15.0. The van der Waals surface area contributed by atoms with E-state index in [1.54, 1.807) is 6.92 Å². The molecule has 1 aliphatic rings. The van der Waals surface area contributed by atoms with Crippen molar-refractivity contribution in [3.63, 3.8) is 0 Å². The lowest BCUT2D eigenvalue weighted by Gasteiger charge is -2.07. The van der Waals surface area contributed by atoms with Crippen molar-refractivity contribution in [2.45, 2.75) is 26.4 Å². The number of carbonyl (C=O) groups is 1.